The quantitative estimate of drug-likeness (QED) is 0.728. The third-order valence-corrected chi connectivity index (χ3v) is 4.55. The summed E-state index contributed by atoms with van der Waals surface area (Å²) in [7, 11) is 1.92. The van der Waals surface area contributed by atoms with Crippen LogP contribution in [0.5, 0.6) is 0 Å². The maximum atomic E-state index is 12.6. The van der Waals surface area contributed by atoms with Crippen molar-refractivity contribution in [3.63, 3.8) is 0 Å². The SMILES string of the molecule is Cc1cccc(NC(=O)c2ccnc(N(C)CCc3ccncc3)n2)c1C. The Morgan fingerprint density at radius 2 is 1.85 bits per heavy atom. The molecule has 0 aliphatic rings. The summed E-state index contributed by atoms with van der Waals surface area (Å²) >= 11 is 0. The van der Waals surface area contributed by atoms with Crippen molar-refractivity contribution in [2.24, 2.45) is 0 Å². The van der Waals surface area contributed by atoms with Crippen molar-refractivity contribution < 1.29 is 4.79 Å². The van der Waals surface area contributed by atoms with E-state index in [2.05, 4.69) is 20.3 Å². The molecule has 0 bridgehead atoms. The number of hydrogen-bond donors (Lipinski definition) is 1. The zero-order chi connectivity index (χ0) is 19.2. The molecule has 1 aromatic carbocycles. The molecule has 0 aliphatic carbocycles. The van der Waals surface area contributed by atoms with Gasteiger partial charge < -0.3 is 10.2 Å². The molecule has 2 heterocycles. The highest BCUT2D eigenvalue weighted by atomic mass is 16.1. The second-order valence-corrected chi connectivity index (χ2v) is 6.47. The first kappa shape index (κ1) is 18.5. The number of amides is 1. The van der Waals surface area contributed by atoms with Gasteiger partial charge in [0.15, 0.2) is 0 Å². The van der Waals surface area contributed by atoms with Gasteiger partial charge in [-0.25, -0.2) is 9.97 Å². The number of hydrogen-bond acceptors (Lipinski definition) is 5. The lowest BCUT2D eigenvalue weighted by Crippen LogP contribution is -2.24. The van der Waals surface area contributed by atoms with Gasteiger partial charge in [0.1, 0.15) is 5.69 Å². The van der Waals surface area contributed by atoms with Crippen LogP contribution >= 0.6 is 0 Å². The number of carbonyl (C=O) groups excluding carboxylic acids is 1. The Morgan fingerprint density at radius 1 is 1.07 bits per heavy atom. The van der Waals surface area contributed by atoms with Crippen LogP contribution in [0.1, 0.15) is 27.2 Å². The fraction of sp³-hybridized carbons (Fsp3) is 0.238. The van der Waals surface area contributed by atoms with Gasteiger partial charge in [-0.1, -0.05) is 12.1 Å². The van der Waals surface area contributed by atoms with Crippen molar-refractivity contribution in [3.8, 4) is 0 Å². The number of anilines is 2. The number of nitrogens with one attached hydrogen (secondary N) is 1. The lowest BCUT2D eigenvalue weighted by Gasteiger charge is -2.17. The highest BCUT2D eigenvalue weighted by Gasteiger charge is 2.13. The van der Waals surface area contributed by atoms with E-state index < -0.39 is 0 Å². The summed E-state index contributed by atoms with van der Waals surface area (Å²) in [6.45, 7) is 4.75. The average molecular weight is 361 g/mol. The second kappa shape index (κ2) is 8.40. The molecule has 3 aromatic rings. The number of benzene rings is 1. The van der Waals surface area contributed by atoms with Gasteiger partial charge in [-0.2, -0.15) is 0 Å². The first-order valence-electron chi connectivity index (χ1n) is 8.85. The number of rotatable bonds is 6. The summed E-state index contributed by atoms with van der Waals surface area (Å²) in [5.41, 5.74) is 4.52. The first-order chi connectivity index (χ1) is 13.0. The van der Waals surface area contributed by atoms with Gasteiger partial charge in [-0.15, -0.1) is 0 Å². The fourth-order valence-corrected chi connectivity index (χ4v) is 2.68. The molecule has 0 radical (unpaired) electrons. The van der Waals surface area contributed by atoms with E-state index in [0.717, 1.165) is 29.8 Å². The molecule has 0 fully saturated rings. The minimum atomic E-state index is -0.241. The van der Waals surface area contributed by atoms with E-state index in [0.29, 0.717) is 11.6 Å². The molecule has 1 amide bonds. The highest BCUT2D eigenvalue weighted by molar-refractivity contribution is 6.03. The normalized spacial score (nSPS) is 10.5. The lowest BCUT2D eigenvalue weighted by molar-refractivity contribution is 0.102. The smallest absolute Gasteiger partial charge is 0.274 e. The van der Waals surface area contributed by atoms with Crippen molar-refractivity contribution >= 4 is 17.5 Å². The number of aromatic nitrogens is 3. The van der Waals surface area contributed by atoms with Crippen molar-refractivity contribution in [3.05, 3.63) is 77.4 Å². The van der Waals surface area contributed by atoms with E-state index >= 15 is 0 Å². The maximum absolute atomic E-state index is 12.6. The molecule has 6 heteroatoms. The third-order valence-electron chi connectivity index (χ3n) is 4.55. The van der Waals surface area contributed by atoms with Crippen LogP contribution < -0.4 is 10.2 Å². The van der Waals surface area contributed by atoms with Crippen LogP contribution in [0.15, 0.2) is 55.0 Å². The van der Waals surface area contributed by atoms with Crippen LogP contribution in [0.3, 0.4) is 0 Å². The largest absolute Gasteiger partial charge is 0.344 e. The summed E-state index contributed by atoms with van der Waals surface area (Å²) in [5.74, 6) is 0.285. The molecular weight excluding hydrogens is 338 g/mol. The first-order valence-corrected chi connectivity index (χ1v) is 8.85. The fourth-order valence-electron chi connectivity index (χ4n) is 2.68. The summed E-state index contributed by atoms with van der Waals surface area (Å²) in [6, 6.07) is 11.4. The Balaban J connectivity index is 1.69. The summed E-state index contributed by atoms with van der Waals surface area (Å²) in [4.78, 5) is 27.3. The predicted molar refractivity (Wildman–Crippen MR) is 107 cm³/mol. The Labute approximate surface area is 159 Å². The lowest BCUT2D eigenvalue weighted by atomic mass is 10.1. The van der Waals surface area contributed by atoms with Crippen LogP contribution in [0.25, 0.3) is 0 Å². The van der Waals surface area contributed by atoms with Crippen LogP contribution in [0, 0.1) is 13.8 Å². The van der Waals surface area contributed by atoms with E-state index in [1.54, 1.807) is 24.7 Å². The summed E-state index contributed by atoms with van der Waals surface area (Å²) in [5, 5.41) is 2.94. The van der Waals surface area contributed by atoms with E-state index in [4.69, 9.17) is 0 Å². The predicted octanol–water partition coefficient (Wildman–Crippen LogP) is 3.42. The van der Waals surface area contributed by atoms with Gasteiger partial charge in [0.2, 0.25) is 5.95 Å². The molecule has 2 aromatic heterocycles. The molecule has 0 unspecified atom stereocenters. The molecule has 27 heavy (non-hydrogen) atoms. The molecule has 0 atom stereocenters. The van der Waals surface area contributed by atoms with Crippen LogP contribution in [-0.4, -0.2) is 34.5 Å². The summed E-state index contributed by atoms with van der Waals surface area (Å²) < 4.78 is 0. The van der Waals surface area contributed by atoms with Crippen molar-refractivity contribution in [1.29, 1.82) is 0 Å². The number of nitrogens with zero attached hydrogens (tertiary/aromatic N) is 4. The molecule has 1 N–H and O–H groups in total. The minimum Gasteiger partial charge on any atom is -0.344 e. The number of pyridine rings is 1. The zero-order valence-electron chi connectivity index (χ0n) is 15.8. The Bertz CT molecular complexity index is 927. The zero-order valence-corrected chi connectivity index (χ0v) is 15.8. The van der Waals surface area contributed by atoms with Gasteiger partial charge in [0.05, 0.1) is 0 Å². The van der Waals surface area contributed by atoms with Crippen LogP contribution in [0.2, 0.25) is 0 Å². The van der Waals surface area contributed by atoms with Gasteiger partial charge in [-0.3, -0.25) is 9.78 Å². The minimum absolute atomic E-state index is 0.241. The Kier molecular flexibility index (Phi) is 5.76. The molecule has 0 spiro atoms. The van der Waals surface area contributed by atoms with Gasteiger partial charge in [-0.05, 0) is 61.2 Å². The topological polar surface area (TPSA) is 71.0 Å². The number of aryl methyl sites for hydroxylation is 1. The summed E-state index contributed by atoms with van der Waals surface area (Å²) in [6.07, 6.45) is 6.03. The Morgan fingerprint density at radius 3 is 2.63 bits per heavy atom. The van der Waals surface area contributed by atoms with Gasteiger partial charge in [0.25, 0.3) is 5.91 Å². The van der Waals surface area contributed by atoms with E-state index in [1.807, 2.05) is 56.1 Å². The number of carbonyl (C=O) groups is 1. The number of likely N-dealkylation sites (N-methyl/N-ethyl adjacent to an activating group) is 1. The Hall–Kier alpha value is -3.28. The second-order valence-electron chi connectivity index (χ2n) is 6.47. The maximum Gasteiger partial charge on any atom is 0.274 e. The third kappa shape index (κ3) is 4.67. The monoisotopic (exact) mass is 361 g/mol. The molecule has 0 aliphatic heterocycles. The molecule has 0 saturated carbocycles. The van der Waals surface area contributed by atoms with Gasteiger partial charge >= 0.3 is 0 Å². The van der Waals surface area contributed by atoms with Crippen molar-refractivity contribution in [2.45, 2.75) is 20.3 Å². The van der Waals surface area contributed by atoms with E-state index in [1.165, 1.54) is 5.56 Å². The molecule has 6 nitrogen and oxygen atoms in total. The molecular formula is C21H23N5O. The van der Waals surface area contributed by atoms with Crippen LogP contribution in [-0.2, 0) is 6.42 Å². The molecule has 138 valence electrons. The van der Waals surface area contributed by atoms with Crippen molar-refractivity contribution in [1.82, 2.24) is 15.0 Å². The average Bonchev–Trinajstić information content (AvgIpc) is 2.70. The molecule has 3 rings (SSSR count). The standard InChI is InChI=1S/C21H23N5O/c1-15-5-4-6-18(16(15)2)24-20(27)19-9-13-23-21(25-19)26(3)14-10-17-7-11-22-12-8-17/h4-9,11-13H,10,14H2,1-3H3,(H,24,27). The van der Waals surface area contributed by atoms with E-state index in [9.17, 15) is 4.79 Å². The van der Waals surface area contributed by atoms with E-state index in [-0.39, 0.29) is 5.91 Å². The van der Waals surface area contributed by atoms with Crippen molar-refractivity contribution in [2.75, 3.05) is 23.8 Å². The van der Waals surface area contributed by atoms with Gasteiger partial charge in [0, 0.05) is 37.9 Å². The molecule has 0 saturated heterocycles. The highest BCUT2D eigenvalue weighted by Crippen LogP contribution is 2.19. The van der Waals surface area contributed by atoms with Crippen LogP contribution in [0.4, 0.5) is 11.6 Å².